The molecule has 0 spiro atoms. The number of anilines is 1. The summed E-state index contributed by atoms with van der Waals surface area (Å²) in [5.41, 5.74) is 2.47. The predicted molar refractivity (Wildman–Crippen MR) is 121 cm³/mol. The Bertz CT molecular complexity index is 977. The van der Waals surface area contributed by atoms with Crippen molar-refractivity contribution in [3.05, 3.63) is 53.6 Å². The summed E-state index contributed by atoms with van der Waals surface area (Å²) in [6, 6.07) is 12.7. The third kappa shape index (κ3) is 4.49. The fraction of sp³-hybridized carbons (Fsp3) is 0.440. The first-order valence-corrected chi connectivity index (χ1v) is 11.3. The Balaban J connectivity index is 1.66. The molecule has 1 amide bonds. The molecule has 4 rings (SSSR count). The van der Waals surface area contributed by atoms with Gasteiger partial charge in [0.25, 0.3) is 0 Å². The molecular weight excluding hydrogens is 408 g/mol. The summed E-state index contributed by atoms with van der Waals surface area (Å²) in [6.45, 7) is 0.962. The van der Waals surface area contributed by atoms with Crippen molar-refractivity contribution >= 4 is 17.4 Å². The van der Waals surface area contributed by atoms with Crippen molar-refractivity contribution in [2.24, 2.45) is 0 Å². The summed E-state index contributed by atoms with van der Waals surface area (Å²) < 4.78 is 11.1. The smallest absolute Gasteiger partial charge is 0.241 e. The summed E-state index contributed by atoms with van der Waals surface area (Å²) in [7, 11) is 1.57. The molecule has 2 heterocycles. The van der Waals surface area contributed by atoms with Gasteiger partial charge in [0.05, 0.1) is 31.0 Å². The number of Topliss-reactive ketones (excluding diaryl/α,β-unsaturated/α-hetero) is 1. The number of hydrogen-bond acceptors (Lipinski definition) is 6. The van der Waals surface area contributed by atoms with Gasteiger partial charge in [0, 0.05) is 32.1 Å². The van der Waals surface area contributed by atoms with Crippen LogP contribution in [0.2, 0.25) is 0 Å². The molecule has 2 aliphatic rings. The average molecular weight is 439 g/mol. The van der Waals surface area contributed by atoms with Crippen LogP contribution in [0.1, 0.15) is 48.0 Å². The van der Waals surface area contributed by atoms with Crippen molar-refractivity contribution in [3.8, 4) is 11.5 Å². The highest BCUT2D eigenvalue weighted by Gasteiger charge is 2.38. The maximum atomic E-state index is 13.8. The van der Waals surface area contributed by atoms with Gasteiger partial charge in [-0.05, 0) is 43.0 Å². The van der Waals surface area contributed by atoms with Crippen molar-refractivity contribution in [3.63, 3.8) is 0 Å². The molecule has 1 unspecified atom stereocenters. The molecule has 0 bridgehead atoms. The Morgan fingerprint density at radius 1 is 1.16 bits per heavy atom. The van der Waals surface area contributed by atoms with Crippen LogP contribution in [0, 0.1) is 0 Å². The SMILES string of the molecule is COc1ccc(C(=O)C2CCCCN2N2C(=O)CCc3ccccc32)c(OCCCO)c1. The molecule has 2 aromatic carbocycles. The molecule has 170 valence electrons. The minimum absolute atomic E-state index is 0.0140. The number of hydrazine groups is 1. The monoisotopic (exact) mass is 438 g/mol. The maximum absolute atomic E-state index is 13.8. The second-order valence-electron chi connectivity index (χ2n) is 8.16. The topological polar surface area (TPSA) is 79.3 Å². The molecule has 1 fully saturated rings. The first-order valence-electron chi connectivity index (χ1n) is 11.3. The number of rotatable bonds is 8. The number of ether oxygens (including phenoxy) is 2. The molecule has 0 radical (unpaired) electrons. The van der Waals surface area contributed by atoms with Crippen molar-refractivity contribution in [2.45, 2.75) is 44.6 Å². The first-order chi connectivity index (χ1) is 15.6. The van der Waals surface area contributed by atoms with Gasteiger partial charge in [-0.2, -0.15) is 0 Å². The number of fused-ring (bicyclic) bond motifs is 1. The zero-order valence-electron chi connectivity index (χ0n) is 18.5. The van der Waals surface area contributed by atoms with E-state index in [0.29, 0.717) is 49.5 Å². The van der Waals surface area contributed by atoms with Crippen LogP contribution in [0.3, 0.4) is 0 Å². The number of piperidine rings is 1. The third-order valence-corrected chi connectivity index (χ3v) is 6.11. The Hall–Kier alpha value is -2.90. The van der Waals surface area contributed by atoms with E-state index >= 15 is 0 Å². The predicted octanol–water partition coefficient (Wildman–Crippen LogP) is 3.39. The normalized spacial score (nSPS) is 18.9. The molecule has 1 N–H and O–H groups in total. The van der Waals surface area contributed by atoms with Gasteiger partial charge >= 0.3 is 0 Å². The summed E-state index contributed by atoms with van der Waals surface area (Å²) in [6.07, 6.45) is 4.16. The van der Waals surface area contributed by atoms with E-state index in [1.54, 1.807) is 30.3 Å². The molecule has 2 aromatic rings. The number of carbonyl (C=O) groups excluding carboxylic acids is 2. The van der Waals surface area contributed by atoms with E-state index in [9.17, 15) is 9.59 Å². The van der Waals surface area contributed by atoms with E-state index in [0.717, 1.165) is 30.5 Å². The lowest BCUT2D eigenvalue weighted by atomic mass is 9.94. The van der Waals surface area contributed by atoms with E-state index in [1.165, 1.54) is 0 Å². The molecule has 0 aliphatic carbocycles. The number of nitrogens with zero attached hydrogens (tertiary/aromatic N) is 2. The summed E-state index contributed by atoms with van der Waals surface area (Å²) in [5.74, 6) is 1.000. The number of carbonyl (C=O) groups is 2. The van der Waals surface area contributed by atoms with Crippen LogP contribution in [-0.4, -0.2) is 54.7 Å². The van der Waals surface area contributed by atoms with E-state index in [4.69, 9.17) is 14.6 Å². The van der Waals surface area contributed by atoms with Crippen LogP contribution < -0.4 is 14.5 Å². The van der Waals surface area contributed by atoms with E-state index < -0.39 is 6.04 Å². The molecule has 7 nitrogen and oxygen atoms in total. The molecular formula is C25H30N2O5. The maximum Gasteiger partial charge on any atom is 0.241 e. The van der Waals surface area contributed by atoms with Crippen molar-refractivity contribution < 1.29 is 24.2 Å². The number of amides is 1. The highest BCUT2D eigenvalue weighted by molar-refractivity contribution is 6.04. The Kier molecular flexibility index (Phi) is 7.07. The number of aliphatic hydroxyl groups is 1. The second kappa shape index (κ2) is 10.1. The van der Waals surface area contributed by atoms with Crippen LogP contribution >= 0.6 is 0 Å². The van der Waals surface area contributed by atoms with Gasteiger partial charge in [-0.3, -0.25) is 9.59 Å². The molecule has 2 aliphatic heterocycles. The lowest BCUT2D eigenvalue weighted by molar-refractivity contribution is -0.122. The summed E-state index contributed by atoms with van der Waals surface area (Å²) in [5, 5.41) is 12.8. The molecule has 32 heavy (non-hydrogen) atoms. The zero-order chi connectivity index (χ0) is 22.5. The number of para-hydroxylation sites is 1. The number of ketones is 1. The lowest BCUT2D eigenvalue weighted by Gasteiger charge is -2.44. The highest BCUT2D eigenvalue weighted by atomic mass is 16.5. The molecule has 0 aromatic heterocycles. The zero-order valence-corrected chi connectivity index (χ0v) is 18.5. The minimum Gasteiger partial charge on any atom is -0.497 e. The van der Waals surface area contributed by atoms with Gasteiger partial charge in [-0.1, -0.05) is 24.6 Å². The van der Waals surface area contributed by atoms with Gasteiger partial charge in [0.15, 0.2) is 5.78 Å². The van der Waals surface area contributed by atoms with Crippen molar-refractivity contribution in [2.75, 3.05) is 31.9 Å². The van der Waals surface area contributed by atoms with Crippen molar-refractivity contribution in [1.82, 2.24) is 5.01 Å². The molecule has 7 heteroatoms. The number of aryl methyl sites for hydroxylation is 1. The number of methoxy groups -OCH3 is 1. The van der Waals surface area contributed by atoms with Crippen LogP contribution in [0.15, 0.2) is 42.5 Å². The van der Waals surface area contributed by atoms with E-state index in [1.807, 2.05) is 29.3 Å². The van der Waals surface area contributed by atoms with Gasteiger partial charge in [0.2, 0.25) is 5.91 Å². The lowest BCUT2D eigenvalue weighted by Crippen LogP contribution is -2.57. The van der Waals surface area contributed by atoms with Crippen molar-refractivity contribution in [1.29, 1.82) is 0 Å². The van der Waals surface area contributed by atoms with Gasteiger partial charge in [0.1, 0.15) is 11.5 Å². The highest BCUT2D eigenvalue weighted by Crippen LogP contribution is 2.35. The Morgan fingerprint density at radius 2 is 2.00 bits per heavy atom. The fourth-order valence-corrected chi connectivity index (χ4v) is 4.49. The van der Waals surface area contributed by atoms with Crippen LogP contribution in [-0.2, 0) is 11.2 Å². The first kappa shape index (κ1) is 22.3. The Labute approximate surface area is 188 Å². The fourth-order valence-electron chi connectivity index (χ4n) is 4.49. The molecule has 1 saturated heterocycles. The third-order valence-electron chi connectivity index (χ3n) is 6.11. The molecule has 1 atom stereocenters. The average Bonchev–Trinajstić information content (AvgIpc) is 2.83. The molecule has 0 saturated carbocycles. The van der Waals surface area contributed by atoms with E-state index in [-0.39, 0.29) is 18.3 Å². The van der Waals surface area contributed by atoms with Gasteiger partial charge in [-0.25, -0.2) is 10.0 Å². The minimum atomic E-state index is -0.451. The van der Waals surface area contributed by atoms with Crippen LogP contribution in [0.4, 0.5) is 5.69 Å². The summed E-state index contributed by atoms with van der Waals surface area (Å²) in [4.78, 5) is 26.8. The Morgan fingerprint density at radius 3 is 2.81 bits per heavy atom. The number of hydrogen-bond donors (Lipinski definition) is 1. The quantitative estimate of drug-likeness (QED) is 0.503. The van der Waals surface area contributed by atoms with Gasteiger partial charge in [-0.15, -0.1) is 0 Å². The van der Waals surface area contributed by atoms with Gasteiger partial charge < -0.3 is 14.6 Å². The summed E-state index contributed by atoms with van der Waals surface area (Å²) >= 11 is 0. The standard InChI is InChI=1S/C25H30N2O5/c1-31-19-11-12-20(23(17-19)32-16-6-15-28)25(30)22-9-4-5-14-26(22)27-21-8-3-2-7-18(21)10-13-24(27)29/h2-3,7-8,11-12,17,22,28H,4-6,9-10,13-16H2,1H3. The number of aliphatic hydroxyl groups excluding tert-OH is 1. The number of benzene rings is 2. The van der Waals surface area contributed by atoms with Crippen LogP contribution in [0.25, 0.3) is 0 Å². The van der Waals surface area contributed by atoms with E-state index in [2.05, 4.69) is 0 Å². The van der Waals surface area contributed by atoms with Crippen LogP contribution in [0.5, 0.6) is 11.5 Å². The largest absolute Gasteiger partial charge is 0.497 e. The second-order valence-corrected chi connectivity index (χ2v) is 8.16.